The van der Waals surface area contributed by atoms with Crippen molar-refractivity contribution in [3.63, 3.8) is 0 Å². The van der Waals surface area contributed by atoms with E-state index >= 15 is 0 Å². The van der Waals surface area contributed by atoms with Gasteiger partial charge in [0.1, 0.15) is 5.82 Å². The molecule has 0 aromatic heterocycles. The second kappa shape index (κ2) is 9.46. The average molecular weight is 384 g/mol. The number of hydrogen-bond acceptors (Lipinski definition) is 3. The Kier molecular flexibility index (Phi) is 6.76. The fourth-order valence-electron chi connectivity index (χ4n) is 3.30. The molecule has 1 heterocycles. The molecule has 2 N–H and O–H groups in total. The fourth-order valence-corrected chi connectivity index (χ4v) is 3.30. The summed E-state index contributed by atoms with van der Waals surface area (Å²) in [5, 5.41) is 5.76. The maximum atomic E-state index is 13.7. The third-order valence-corrected chi connectivity index (χ3v) is 4.79. The summed E-state index contributed by atoms with van der Waals surface area (Å²) in [4.78, 5) is 24.4. The van der Waals surface area contributed by atoms with Gasteiger partial charge in [0.25, 0.3) is 0 Å². The molecule has 1 fully saturated rings. The van der Waals surface area contributed by atoms with E-state index in [0.29, 0.717) is 17.7 Å². The molecule has 0 radical (unpaired) electrons. The molecule has 0 bridgehead atoms. The van der Waals surface area contributed by atoms with Crippen LogP contribution in [-0.4, -0.2) is 24.5 Å². The van der Waals surface area contributed by atoms with Crippen LogP contribution in [0.4, 0.5) is 10.1 Å². The highest BCUT2D eigenvalue weighted by Crippen LogP contribution is 2.20. The van der Waals surface area contributed by atoms with Crippen molar-refractivity contribution in [2.45, 2.75) is 44.8 Å². The van der Waals surface area contributed by atoms with Crippen LogP contribution in [0, 0.1) is 5.82 Å². The lowest BCUT2D eigenvalue weighted by Gasteiger charge is -2.17. The Morgan fingerprint density at radius 1 is 1.18 bits per heavy atom. The molecule has 0 spiro atoms. The molecule has 1 saturated heterocycles. The Hall–Kier alpha value is -2.73. The summed E-state index contributed by atoms with van der Waals surface area (Å²) in [5.41, 5.74) is 1.84. The lowest BCUT2D eigenvalue weighted by Crippen LogP contribution is -2.29. The zero-order valence-electron chi connectivity index (χ0n) is 15.9. The lowest BCUT2D eigenvalue weighted by molar-refractivity contribution is -0.124. The number of carbonyl (C=O) groups is 2. The van der Waals surface area contributed by atoms with Crippen LogP contribution >= 0.6 is 0 Å². The quantitative estimate of drug-likeness (QED) is 0.764. The Labute approximate surface area is 164 Å². The van der Waals surface area contributed by atoms with Crippen LogP contribution in [0.3, 0.4) is 0 Å². The maximum Gasteiger partial charge on any atom is 0.228 e. The van der Waals surface area contributed by atoms with Crippen molar-refractivity contribution in [1.29, 1.82) is 0 Å². The van der Waals surface area contributed by atoms with Gasteiger partial charge in [0.2, 0.25) is 11.8 Å². The van der Waals surface area contributed by atoms with Gasteiger partial charge in [-0.3, -0.25) is 9.59 Å². The molecule has 5 nitrogen and oxygen atoms in total. The molecular formula is C22H25FN2O3. The molecule has 28 heavy (non-hydrogen) atoms. The highest BCUT2D eigenvalue weighted by molar-refractivity contribution is 5.92. The van der Waals surface area contributed by atoms with Gasteiger partial charge < -0.3 is 15.4 Å². The number of hydrogen-bond donors (Lipinski definition) is 2. The molecule has 2 atom stereocenters. The van der Waals surface area contributed by atoms with Crippen molar-refractivity contribution >= 4 is 17.5 Å². The van der Waals surface area contributed by atoms with E-state index in [1.807, 2.05) is 25.1 Å². The second-order valence-electron chi connectivity index (χ2n) is 7.07. The predicted molar refractivity (Wildman–Crippen MR) is 105 cm³/mol. The summed E-state index contributed by atoms with van der Waals surface area (Å²) in [5.74, 6) is -0.736. The van der Waals surface area contributed by atoms with Gasteiger partial charge in [-0.1, -0.05) is 30.3 Å². The van der Waals surface area contributed by atoms with E-state index in [4.69, 9.17) is 4.74 Å². The van der Waals surface area contributed by atoms with E-state index in [-0.39, 0.29) is 30.4 Å². The van der Waals surface area contributed by atoms with Gasteiger partial charge in [0, 0.05) is 12.3 Å². The number of carbonyl (C=O) groups excluding carboxylic acids is 2. The standard InChI is InChI=1S/C22H25FN2O3/c1-15(24-22(27)14-19-9-5-11-28-19)16-7-4-8-18(12-16)25-21(26)13-17-6-2-3-10-20(17)23/h2-4,6-8,10,12,15,19H,5,9,11,13-14H2,1H3,(H,24,27)(H,25,26)/t15-,19+/m1/s1. The molecule has 0 unspecified atom stereocenters. The Morgan fingerprint density at radius 3 is 2.75 bits per heavy atom. The molecular weight excluding hydrogens is 359 g/mol. The number of ether oxygens (including phenoxy) is 1. The summed E-state index contributed by atoms with van der Waals surface area (Å²) in [6.45, 7) is 2.62. The number of rotatable bonds is 7. The third kappa shape index (κ3) is 5.63. The SMILES string of the molecule is C[C@@H](NC(=O)C[C@@H]1CCCO1)c1cccc(NC(=O)Cc2ccccc2F)c1. The smallest absolute Gasteiger partial charge is 0.228 e. The highest BCUT2D eigenvalue weighted by Gasteiger charge is 2.20. The van der Waals surface area contributed by atoms with Crippen molar-refractivity contribution in [3.05, 3.63) is 65.5 Å². The minimum Gasteiger partial charge on any atom is -0.378 e. The maximum absolute atomic E-state index is 13.7. The van der Waals surface area contributed by atoms with E-state index in [0.717, 1.165) is 25.0 Å². The van der Waals surface area contributed by atoms with Crippen LogP contribution < -0.4 is 10.6 Å². The molecule has 0 aliphatic carbocycles. The van der Waals surface area contributed by atoms with Crippen LogP contribution in [0.1, 0.15) is 43.4 Å². The first-order valence-electron chi connectivity index (χ1n) is 9.55. The molecule has 2 aromatic rings. The topological polar surface area (TPSA) is 67.4 Å². The van der Waals surface area contributed by atoms with E-state index in [1.165, 1.54) is 6.07 Å². The zero-order chi connectivity index (χ0) is 19.9. The summed E-state index contributed by atoms with van der Waals surface area (Å²) < 4.78 is 19.2. The molecule has 148 valence electrons. The van der Waals surface area contributed by atoms with Gasteiger partial charge in [-0.25, -0.2) is 4.39 Å². The second-order valence-corrected chi connectivity index (χ2v) is 7.07. The summed E-state index contributed by atoms with van der Waals surface area (Å²) >= 11 is 0. The minimum atomic E-state index is -0.394. The monoisotopic (exact) mass is 384 g/mol. The van der Waals surface area contributed by atoms with Crippen molar-refractivity contribution in [2.24, 2.45) is 0 Å². The molecule has 1 aliphatic rings. The molecule has 3 rings (SSSR count). The van der Waals surface area contributed by atoms with Gasteiger partial charge in [-0.15, -0.1) is 0 Å². The highest BCUT2D eigenvalue weighted by atomic mass is 19.1. The van der Waals surface area contributed by atoms with Gasteiger partial charge in [-0.05, 0) is 49.1 Å². The Bertz CT molecular complexity index is 834. The van der Waals surface area contributed by atoms with Gasteiger partial charge >= 0.3 is 0 Å². The first-order valence-corrected chi connectivity index (χ1v) is 9.55. The van der Waals surface area contributed by atoms with E-state index in [2.05, 4.69) is 10.6 Å². The average Bonchev–Trinajstić information content (AvgIpc) is 3.16. The van der Waals surface area contributed by atoms with Crippen LogP contribution in [-0.2, 0) is 20.7 Å². The molecule has 1 aliphatic heterocycles. The van der Waals surface area contributed by atoms with Crippen molar-refractivity contribution in [3.8, 4) is 0 Å². The van der Waals surface area contributed by atoms with Crippen LogP contribution in [0.25, 0.3) is 0 Å². The summed E-state index contributed by atoms with van der Waals surface area (Å²) in [6.07, 6.45) is 2.26. The van der Waals surface area contributed by atoms with E-state index < -0.39 is 5.82 Å². The summed E-state index contributed by atoms with van der Waals surface area (Å²) in [7, 11) is 0. The third-order valence-electron chi connectivity index (χ3n) is 4.79. The van der Waals surface area contributed by atoms with Crippen molar-refractivity contribution in [1.82, 2.24) is 5.32 Å². The van der Waals surface area contributed by atoms with Crippen LogP contribution in [0.15, 0.2) is 48.5 Å². The van der Waals surface area contributed by atoms with Crippen LogP contribution in [0.2, 0.25) is 0 Å². The number of nitrogens with one attached hydrogen (secondary N) is 2. The number of halogens is 1. The molecule has 0 saturated carbocycles. The van der Waals surface area contributed by atoms with E-state index in [9.17, 15) is 14.0 Å². The van der Waals surface area contributed by atoms with Gasteiger partial charge in [-0.2, -0.15) is 0 Å². The first-order chi connectivity index (χ1) is 13.5. The predicted octanol–water partition coefficient (Wildman–Crippen LogP) is 3.75. The summed E-state index contributed by atoms with van der Waals surface area (Å²) in [6, 6.07) is 13.3. The lowest BCUT2D eigenvalue weighted by atomic mass is 10.1. The molecule has 2 amide bonds. The zero-order valence-corrected chi connectivity index (χ0v) is 15.9. The van der Waals surface area contributed by atoms with Crippen molar-refractivity contribution < 1.29 is 18.7 Å². The van der Waals surface area contributed by atoms with Crippen LogP contribution in [0.5, 0.6) is 0 Å². The largest absolute Gasteiger partial charge is 0.378 e. The normalized spacial score (nSPS) is 17.1. The minimum absolute atomic E-state index is 0.0104. The Balaban J connectivity index is 1.56. The Morgan fingerprint density at radius 2 is 2.00 bits per heavy atom. The molecule has 2 aromatic carbocycles. The van der Waals surface area contributed by atoms with Crippen molar-refractivity contribution in [2.75, 3.05) is 11.9 Å². The van der Waals surface area contributed by atoms with Gasteiger partial charge in [0.15, 0.2) is 0 Å². The fraction of sp³-hybridized carbons (Fsp3) is 0.364. The number of anilines is 1. The number of amides is 2. The van der Waals surface area contributed by atoms with E-state index in [1.54, 1.807) is 24.3 Å². The van der Waals surface area contributed by atoms with Gasteiger partial charge in [0.05, 0.1) is 25.0 Å². The number of benzene rings is 2. The first kappa shape index (κ1) is 20.0. The molecule has 6 heteroatoms.